The number of rotatable bonds is 5. The van der Waals surface area contributed by atoms with E-state index in [0.29, 0.717) is 32.4 Å². The maximum absolute atomic E-state index is 16.3. The molecule has 0 aliphatic carbocycles. The largest absolute Gasteiger partial charge is 0.461 e. The van der Waals surface area contributed by atoms with E-state index in [1.54, 1.807) is 11.8 Å². The first kappa shape index (κ1) is 28.8. The average Bonchev–Trinajstić information content (AvgIpc) is 3.41. The average molecular weight is 593 g/mol. The zero-order valence-corrected chi connectivity index (χ0v) is 23.4. The van der Waals surface area contributed by atoms with E-state index in [1.807, 2.05) is 0 Å². The number of pyridine rings is 1. The minimum absolute atomic E-state index is 0.0304. The highest BCUT2D eigenvalue weighted by molar-refractivity contribution is 5.92. The molecule has 1 aromatic carbocycles. The summed E-state index contributed by atoms with van der Waals surface area (Å²) in [4.78, 5) is 16.9. The topological polar surface area (TPSA) is 101 Å². The van der Waals surface area contributed by atoms with Crippen molar-refractivity contribution < 1.29 is 31.8 Å². The van der Waals surface area contributed by atoms with Crippen molar-refractivity contribution in [1.29, 1.82) is 0 Å². The van der Waals surface area contributed by atoms with Crippen LogP contribution in [-0.4, -0.2) is 75.1 Å². The van der Waals surface area contributed by atoms with Gasteiger partial charge in [0.15, 0.2) is 5.82 Å². The van der Waals surface area contributed by atoms with Gasteiger partial charge in [-0.25, -0.2) is 8.78 Å². The van der Waals surface area contributed by atoms with Crippen molar-refractivity contribution in [1.82, 2.24) is 19.9 Å². The summed E-state index contributed by atoms with van der Waals surface area (Å²) in [6.07, 6.45) is -1.39. The van der Waals surface area contributed by atoms with Gasteiger partial charge in [-0.3, -0.25) is 9.88 Å². The first-order chi connectivity index (χ1) is 19.8. The van der Waals surface area contributed by atoms with Crippen LogP contribution in [0, 0.1) is 12.7 Å². The van der Waals surface area contributed by atoms with E-state index >= 15 is 4.39 Å². The van der Waals surface area contributed by atoms with Crippen LogP contribution < -0.4 is 15.4 Å². The Hall–Kier alpha value is -3.32. The Morgan fingerprint density at radius 2 is 1.93 bits per heavy atom. The first-order valence-electron chi connectivity index (χ1n) is 14.1. The molecule has 3 saturated heterocycles. The molecule has 6 rings (SSSR count). The number of aryl methyl sites for hydroxylation is 1. The predicted octanol–water partition coefficient (Wildman–Crippen LogP) is 5.05. The molecule has 3 aliphatic rings. The summed E-state index contributed by atoms with van der Waals surface area (Å²) in [5, 5.41) is 10.9. The van der Waals surface area contributed by atoms with Gasteiger partial charge in [-0.15, -0.1) is 0 Å². The molecule has 3 aliphatic heterocycles. The molecule has 42 heavy (non-hydrogen) atoms. The van der Waals surface area contributed by atoms with Crippen LogP contribution in [0.15, 0.2) is 18.3 Å². The van der Waals surface area contributed by atoms with Crippen molar-refractivity contribution in [2.45, 2.75) is 69.4 Å². The van der Waals surface area contributed by atoms with Crippen LogP contribution in [0.1, 0.15) is 50.2 Å². The van der Waals surface area contributed by atoms with Crippen LogP contribution >= 0.6 is 0 Å². The van der Waals surface area contributed by atoms with Gasteiger partial charge in [-0.05, 0) is 63.8 Å². The van der Waals surface area contributed by atoms with Gasteiger partial charge in [-0.2, -0.15) is 23.1 Å². The lowest BCUT2D eigenvalue weighted by Crippen LogP contribution is -2.46. The van der Waals surface area contributed by atoms with Crippen LogP contribution in [0.4, 0.5) is 33.5 Å². The number of nitrogens with two attached hydrogens (primary N) is 1. The van der Waals surface area contributed by atoms with Gasteiger partial charge in [0.2, 0.25) is 0 Å². The number of benzene rings is 1. The molecule has 0 amide bonds. The molecule has 3 atom stereocenters. The monoisotopic (exact) mass is 592 g/mol. The van der Waals surface area contributed by atoms with Crippen molar-refractivity contribution in [3.8, 4) is 17.3 Å². The van der Waals surface area contributed by atoms with Crippen LogP contribution in [-0.2, 0) is 6.18 Å². The van der Waals surface area contributed by atoms with Crippen molar-refractivity contribution >= 4 is 22.4 Å². The number of β-amino-alcohol motifs (C(OH)–C–C–N with tert-alkyl or cyclic N) is 1. The SMILES string of the molecule is Cc1cc(N)cc(-c2ncc3c(N4CCCC(C)(O)C4)nc(OC[C@@]45CCCN4C[C@H](F)C5)nc3c2F)c1C(F)(F)F. The normalized spacial score (nSPS) is 26.7. The van der Waals surface area contributed by atoms with Gasteiger partial charge in [0, 0.05) is 43.5 Å². The lowest BCUT2D eigenvalue weighted by atomic mass is 9.95. The van der Waals surface area contributed by atoms with E-state index in [4.69, 9.17) is 10.5 Å². The summed E-state index contributed by atoms with van der Waals surface area (Å²) in [6.45, 7) is 4.80. The summed E-state index contributed by atoms with van der Waals surface area (Å²) in [6, 6.07) is 2.05. The molecule has 0 bridgehead atoms. The van der Waals surface area contributed by atoms with Crippen LogP contribution in [0.25, 0.3) is 22.2 Å². The Balaban J connectivity index is 1.48. The van der Waals surface area contributed by atoms with Gasteiger partial charge in [0.1, 0.15) is 29.8 Å². The summed E-state index contributed by atoms with van der Waals surface area (Å²) in [5.41, 5.74) is 1.83. The molecule has 0 radical (unpaired) electrons. The molecule has 0 saturated carbocycles. The van der Waals surface area contributed by atoms with Gasteiger partial charge >= 0.3 is 12.2 Å². The number of hydrogen-bond acceptors (Lipinski definition) is 8. The Bertz CT molecular complexity index is 1530. The van der Waals surface area contributed by atoms with Crippen molar-refractivity contribution in [3.05, 3.63) is 35.3 Å². The first-order valence-corrected chi connectivity index (χ1v) is 14.1. The summed E-state index contributed by atoms with van der Waals surface area (Å²) < 4.78 is 79.0. The molecule has 2 aromatic heterocycles. The smallest absolute Gasteiger partial charge is 0.417 e. The molecule has 5 heterocycles. The Labute approximate surface area is 239 Å². The fraction of sp³-hybridized carbons (Fsp3) is 0.552. The number of anilines is 2. The third-order valence-electron chi connectivity index (χ3n) is 8.75. The van der Waals surface area contributed by atoms with Crippen LogP contribution in [0.5, 0.6) is 6.01 Å². The predicted molar refractivity (Wildman–Crippen MR) is 147 cm³/mol. The summed E-state index contributed by atoms with van der Waals surface area (Å²) in [5.74, 6) is -0.825. The zero-order chi connectivity index (χ0) is 30.0. The minimum atomic E-state index is -4.79. The fourth-order valence-electron chi connectivity index (χ4n) is 6.94. The van der Waals surface area contributed by atoms with E-state index < -0.39 is 46.1 Å². The molecule has 0 spiro atoms. The second-order valence-electron chi connectivity index (χ2n) is 12.2. The highest BCUT2D eigenvalue weighted by atomic mass is 19.4. The van der Waals surface area contributed by atoms with E-state index in [1.165, 1.54) is 19.2 Å². The highest BCUT2D eigenvalue weighted by Crippen LogP contribution is 2.43. The van der Waals surface area contributed by atoms with Gasteiger partial charge < -0.3 is 20.5 Å². The van der Waals surface area contributed by atoms with E-state index in [-0.39, 0.29) is 47.1 Å². The molecule has 3 N–H and O–H groups in total. The number of halogens is 5. The van der Waals surface area contributed by atoms with Gasteiger partial charge in [0.05, 0.1) is 22.1 Å². The van der Waals surface area contributed by atoms with Crippen molar-refractivity contribution in [2.75, 3.05) is 43.4 Å². The lowest BCUT2D eigenvalue weighted by molar-refractivity contribution is -0.137. The standard InChI is InChI=1S/C29H33F5N6O2/c1-16-9-18(35)10-19(21(16)29(32,33)34)23-22(31)24-20(12-36-23)25(39-7-3-5-27(2,41)14-39)38-26(37-24)42-15-28-6-4-8-40(28)13-17(30)11-28/h9-10,12,17,41H,3-8,11,13-15,35H2,1-2H3/t17-,27?,28+/m1/s1. The number of fused-ring (bicyclic) bond motifs is 2. The Morgan fingerprint density at radius 1 is 1.17 bits per heavy atom. The molecule has 1 unspecified atom stereocenters. The van der Waals surface area contributed by atoms with E-state index in [2.05, 4.69) is 19.9 Å². The highest BCUT2D eigenvalue weighted by Gasteiger charge is 2.49. The summed E-state index contributed by atoms with van der Waals surface area (Å²) >= 11 is 0. The van der Waals surface area contributed by atoms with Crippen molar-refractivity contribution in [2.24, 2.45) is 0 Å². The molecular formula is C29H33F5N6O2. The number of aromatic nitrogens is 3. The second-order valence-corrected chi connectivity index (χ2v) is 12.2. The second kappa shape index (κ2) is 10.1. The number of piperidine rings is 1. The third kappa shape index (κ3) is 5.10. The number of nitrogens with zero attached hydrogens (tertiary/aromatic N) is 5. The quantitative estimate of drug-likeness (QED) is 0.314. The maximum atomic E-state index is 16.3. The van der Waals surface area contributed by atoms with Gasteiger partial charge in [0.25, 0.3) is 0 Å². The van der Waals surface area contributed by atoms with E-state index in [9.17, 15) is 22.7 Å². The molecule has 13 heteroatoms. The molecular weight excluding hydrogens is 559 g/mol. The number of aliphatic hydroxyl groups is 1. The molecule has 3 aromatic rings. The van der Waals surface area contributed by atoms with Crippen molar-refractivity contribution in [3.63, 3.8) is 0 Å². The zero-order valence-electron chi connectivity index (χ0n) is 23.4. The van der Waals surface area contributed by atoms with Crippen LogP contribution in [0.2, 0.25) is 0 Å². The van der Waals surface area contributed by atoms with E-state index in [0.717, 1.165) is 25.5 Å². The molecule has 226 valence electrons. The lowest BCUT2D eigenvalue weighted by Gasteiger charge is -2.38. The minimum Gasteiger partial charge on any atom is -0.461 e. The fourth-order valence-corrected chi connectivity index (χ4v) is 6.94. The van der Waals surface area contributed by atoms with Crippen LogP contribution in [0.3, 0.4) is 0 Å². The Morgan fingerprint density at radius 3 is 2.67 bits per heavy atom. The third-order valence-corrected chi connectivity index (χ3v) is 8.75. The van der Waals surface area contributed by atoms with Gasteiger partial charge in [-0.1, -0.05) is 0 Å². The summed E-state index contributed by atoms with van der Waals surface area (Å²) in [7, 11) is 0. The number of nitrogen functional groups attached to an aromatic ring is 1. The molecule has 3 fully saturated rings. The number of ether oxygens (including phenoxy) is 1. The molecule has 8 nitrogen and oxygen atoms in total. The number of alkyl halides is 4. The number of hydrogen-bond donors (Lipinski definition) is 2. The Kier molecular flexibility index (Phi) is 6.95. The maximum Gasteiger partial charge on any atom is 0.417 e.